The number of rotatable bonds is 4. The second-order valence-corrected chi connectivity index (χ2v) is 7.89. The van der Waals surface area contributed by atoms with Crippen LogP contribution in [0.3, 0.4) is 0 Å². The molecule has 7 nitrogen and oxygen atoms in total. The smallest absolute Gasteiger partial charge is 0.318 e. The summed E-state index contributed by atoms with van der Waals surface area (Å²) >= 11 is 1.35. The fraction of sp³-hybridized carbons (Fsp3) is 0.182. The highest BCUT2D eigenvalue weighted by atomic mass is 32.1. The second kappa shape index (κ2) is 7.38. The number of hydrogen-bond acceptors (Lipinski definition) is 7. The molecular weight excluding hydrogens is 402 g/mol. The number of ether oxygens (including phenoxy) is 2. The Kier molecular flexibility index (Phi) is 4.55. The molecule has 30 heavy (non-hydrogen) atoms. The van der Waals surface area contributed by atoms with Crippen molar-refractivity contribution in [2.45, 2.75) is 25.9 Å². The number of fused-ring (bicyclic) bond motifs is 3. The van der Waals surface area contributed by atoms with Crippen LogP contribution in [0.5, 0.6) is 11.5 Å². The van der Waals surface area contributed by atoms with Gasteiger partial charge in [0.2, 0.25) is 4.96 Å². The molecule has 0 N–H and O–H groups in total. The number of carbonyl (C=O) groups is 1. The van der Waals surface area contributed by atoms with Gasteiger partial charge in [-0.25, -0.2) is 4.98 Å². The molecule has 0 saturated carbocycles. The lowest BCUT2D eigenvalue weighted by molar-refractivity contribution is -0.146. The highest BCUT2D eigenvalue weighted by Crippen LogP contribution is 2.44. The summed E-state index contributed by atoms with van der Waals surface area (Å²) in [5.74, 6) is 0.241. The maximum atomic E-state index is 13.1. The van der Waals surface area contributed by atoms with E-state index >= 15 is 0 Å². The molecule has 0 fully saturated rings. The highest BCUT2D eigenvalue weighted by Gasteiger charge is 2.33. The Labute approximate surface area is 175 Å². The van der Waals surface area contributed by atoms with E-state index < -0.39 is 11.9 Å². The molecule has 1 aliphatic heterocycles. The predicted molar refractivity (Wildman–Crippen MR) is 111 cm³/mol. The standard InChI is InChI=1S/C22H17N3O4S/c1-2-18-24-25-19(26)11-13(23-22(25)30-18)12-28-21(27)20-14-7-3-5-9-16(14)29-17-10-6-4-8-15(17)20/h3-11,20H,2,12H2,1H3. The number of aromatic nitrogens is 3. The van der Waals surface area contributed by atoms with Gasteiger partial charge < -0.3 is 9.47 Å². The number of aryl methyl sites for hydroxylation is 1. The Balaban J connectivity index is 1.44. The lowest BCUT2D eigenvalue weighted by atomic mass is 9.88. The first kappa shape index (κ1) is 18.5. The Morgan fingerprint density at radius 3 is 2.47 bits per heavy atom. The summed E-state index contributed by atoms with van der Waals surface area (Å²) in [6, 6.07) is 16.2. The van der Waals surface area contributed by atoms with Crippen LogP contribution < -0.4 is 10.3 Å². The van der Waals surface area contributed by atoms with Gasteiger partial charge in [0.1, 0.15) is 29.0 Å². The van der Waals surface area contributed by atoms with Gasteiger partial charge in [0.15, 0.2) is 0 Å². The molecule has 0 unspecified atom stereocenters. The quantitative estimate of drug-likeness (QED) is 0.469. The van der Waals surface area contributed by atoms with Crippen LogP contribution in [0.25, 0.3) is 4.96 Å². The lowest BCUT2D eigenvalue weighted by Crippen LogP contribution is -2.22. The molecule has 0 atom stereocenters. The van der Waals surface area contributed by atoms with Crippen LogP contribution in [-0.4, -0.2) is 20.6 Å². The summed E-state index contributed by atoms with van der Waals surface area (Å²) in [5.41, 5.74) is 1.61. The van der Waals surface area contributed by atoms with E-state index in [1.165, 1.54) is 21.9 Å². The third-order valence-corrected chi connectivity index (χ3v) is 5.97. The Morgan fingerprint density at radius 1 is 1.13 bits per heavy atom. The third-order valence-electron chi connectivity index (χ3n) is 4.92. The van der Waals surface area contributed by atoms with Crippen LogP contribution >= 0.6 is 11.3 Å². The fourth-order valence-corrected chi connectivity index (χ4v) is 4.36. The maximum Gasteiger partial charge on any atom is 0.318 e. The van der Waals surface area contributed by atoms with Gasteiger partial charge in [-0.2, -0.15) is 9.61 Å². The molecule has 0 saturated heterocycles. The molecule has 1 aliphatic rings. The normalized spacial score (nSPS) is 12.8. The summed E-state index contributed by atoms with van der Waals surface area (Å²) in [5, 5.41) is 5.05. The van der Waals surface area contributed by atoms with E-state index in [2.05, 4.69) is 10.1 Å². The first-order chi connectivity index (χ1) is 14.6. The highest BCUT2D eigenvalue weighted by molar-refractivity contribution is 7.16. The van der Waals surface area contributed by atoms with Crippen molar-refractivity contribution in [3.63, 3.8) is 0 Å². The topological polar surface area (TPSA) is 82.8 Å². The maximum absolute atomic E-state index is 13.1. The molecule has 8 heteroatoms. The van der Waals surface area contributed by atoms with Crippen molar-refractivity contribution in [1.82, 2.24) is 14.6 Å². The summed E-state index contributed by atoms with van der Waals surface area (Å²) < 4.78 is 12.8. The van der Waals surface area contributed by atoms with Crippen LogP contribution in [0.1, 0.15) is 34.7 Å². The molecule has 5 rings (SSSR count). The van der Waals surface area contributed by atoms with Gasteiger partial charge in [-0.1, -0.05) is 54.7 Å². The molecule has 0 bridgehead atoms. The van der Waals surface area contributed by atoms with Crippen molar-refractivity contribution in [1.29, 1.82) is 0 Å². The Hall–Kier alpha value is -3.52. The number of hydrogen-bond donors (Lipinski definition) is 0. The first-order valence-corrected chi connectivity index (χ1v) is 10.4. The zero-order chi connectivity index (χ0) is 20.7. The van der Waals surface area contributed by atoms with E-state index in [-0.39, 0.29) is 12.2 Å². The summed E-state index contributed by atoms with van der Waals surface area (Å²) in [6.45, 7) is 1.88. The van der Waals surface area contributed by atoms with Crippen LogP contribution in [0.15, 0.2) is 59.4 Å². The minimum absolute atomic E-state index is 0.0916. The Morgan fingerprint density at radius 2 is 1.80 bits per heavy atom. The molecule has 4 aromatic rings. The third kappa shape index (κ3) is 3.15. The van der Waals surface area contributed by atoms with Crippen LogP contribution in [0.4, 0.5) is 0 Å². The molecule has 0 spiro atoms. The number of benzene rings is 2. The number of nitrogens with zero attached hydrogens (tertiary/aromatic N) is 3. The van der Waals surface area contributed by atoms with Gasteiger partial charge in [0, 0.05) is 17.2 Å². The van der Waals surface area contributed by atoms with Crippen molar-refractivity contribution in [3.8, 4) is 11.5 Å². The van der Waals surface area contributed by atoms with Crippen LogP contribution in [0, 0.1) is 0 Å². The van der Waals surface area contributed by atoms with Crippen molar-refractivity contribution in [2.24, 2.45) is 0 Å². The summed E-state index contributed by atoms with van der Waals surface area (Å²) in [7, 11) is 0. The molecule has 0 amide bonds. The first-order valence-electron chi connectivity index (χ1n) is 9.55. The fourth-order valence-electron chi connectivity index (χ4n) is 3.50. The average molecular weight is 419 g/mol. The minimum Gasteiger partial charge on any atom is -0.458 e. The van der Waals surface area contributed by atoms with Gasteiger partial charge in [-0.15, -0.1) is 0 Å². The van der Waals surface area contributed by atoms with Gasteiger partial charge >= 0.3 is 5.97 Å². The van der Waals surface area contributed by atoms with Crippen molar-refractivity contribution >= 4 is 22.3 Å². The number of carbonyl (C=O) groups excluding carboxylic acids is 1. The van der Waals surface area contributed by atoms with E-state index in [9.17, 15) is 9.59 Å². The molecule has 3 heterocycles. The van der Waals surface area contributed by atoms with Gasteiger partial charge in [-0.3, -0.25) is 9.59 Å². The molecule has 2 aromatic heterocycles. The predicted octanol–water partition coefficient (Wildman–Crippen LogP) is 3.69. The van der Waals surface area contributed by atoms with Gasteiger partial charge in [-0.05, 0) is 18.6 Å². The molecular formula is C22H17N3O4S. The zero-order valence-electron chi connectivity index (χ0n) is 16.1. The molecule has 150 valence electrons. The molecule has 0 radical (unpaired) electrons. The van der Waals surface area contributed by atoms with Gasteiger partial charge in [0.25, 0.3) is 5.56 Å². The lowest BCUT2D eigenvalue weighted by Gasteiger charge is -2.26. The van der Waals surface area contributed by atoms with Crippen molar-refractivity contribution in [2.75, 3.05) is 0 Å². The van der Waals surface area contributed by atoms with E-state index in [1.807, 2.05) is 55.5 Å². The van der Waals surface area contributed by atoms with Crippen molar-refractivity contribution < 1.29 is 14.3 Å². The minimum atomic E-state index is -0.605. The van der Waals surface area contributed by atoms with E-state index in [1.54, 1.807) is 0 Å². The number of para-hydroxylation sites is 2. The number of esters is 1. The SMILES string of the molecule is CCc1nn2c(=O)cc(COC(=O)C3c4ccccc4Oc4ccccc43)nc2s1. The van der Waals surface area contributed by atoms with Crippen LogP contribution in [-0.2, 0) is 22.6 Å². The van der Waals surface area contributed by atoms with E-state index in [0.717, 1.165) is 22.6 Å². The monoisotopic (exact) mass is 419 g/mol. The molecule has 0 aliphatic carbocycles. The molecule has 2 aromatic carbocycles. The largest absolute Gasteiger partial charge is 0.458 e. The average Bonchev–Trinajstić information content (AvgIpc) is 3.20. The Bertz CT molecular complexity index is 1280. The summed E-state index contributed by atoms with van der Waals surface area (Å²) in [4.78, 5) is 30.3. The zero-order valence-corrected chi connectivity index (χ0v) is 16.9. The van der Waals surface area contributed by atoms with Gasteiger partial charge in [0.05, 0.1) is 5.69 Å². The van der Waals surface area contributed by atoms with E-state index in [0.29, 0.717) is 22.2 Å². The van der Waals surface area contributed by atoms with E-state index in [4.69, 9.17) is 9.47 Å². The summed E-state index contributed by atoms with van der Waals surface area (Å²) in [6.07, 6.45) is 0.723. The van der Waals surface area contributed by atoms with Crippen LogP contribution in [0.2, 0.25) is 0 Å². The second-order valence-electron chi connectivity index (χ2n) is 6.85. The van der Waals surface area contributed by atoms with Crippen molar-refractivity contribution in [3.05, 3.63) is 86.8 Å².